The second-order valence-corrected chi connectivity index (χ2v) is 4.75. The number of carbonyl (C=O) groups is 1. The number of anilines is 1. The molecule has 1 atom stereocenters. The lowest BCUT2D eigenvalue weighted by atomic mass is 10.1. The van der Waals surface area contributed by atoms with Crippen molar-refractivity contribution < 1.29 is 9.90 Å². The molecule has 0 bridgehead atoms. The SMILES string of the molecule is CC(CCCC(=O)O)Nc1ccc(Br)cc1. The summed E-state index contributed by atoms with van der Waals surface area (Å²) < 4.78 is 1.05. The minimum atomic E-state index is -0.726. The van der Waals surface area contributed by atoms with Crippen LogP contribution in [-0.2, 0) is 4.79 Å². The Morgan fingerprint density at radius 2 is 2.06 bits per heavy atom. The summed E-state index contributed by atoms with van der Waals surface area (Å²) in [4.78, 5) is 10.4. The number of carboxylic acid groups (broad SMARTS) is 1. The molecule has 0 spiro atoms. The van der Waals surface area contributed by atoms with Gasteiger partial charge in [-0.05, 0) is 44.0 Å². The van der Waals surface area contributed by atoms with Crippen LogP contribution in [0.3, 0.4) is 0 Å². The van der Waals surface area contributed by atoms with E-state index in [-0.39, 0.29) is 6.42 Å². The number of aliphatic carboxylic acids is 1. The third-order valence-corrected chi connectivity index (χ3v) is 2.81. The largest absolute Gasteiger partial charge is 0.481 e. The van der Waals surface area contributed by atoms with Crippen LogP contribution in [-0.4, -0.2) is 17.1 Å². The average molecular weight is 286 g/mol. The van der Waals surface area contributed by atoms with Gasteiger partial charge in [-0.1, -0.05) is 15.9 Å². The highest BCUT2D eigenvalue weighted by Gasteiger charge is 2.03. The molecule has 0 fully saturated rings. The van der Waals surface area contributed by atoms with Gasteiger partial charge in [0.1, 0.15) is 0 Å². The molecule has 16 heavy (non-hydrogen) atoms. The first-order valence-corrected chi connectivity index (χ1v) is 6.11. The summed E-state index contributed by atoms with van der Waals surface area (Å²) in [5, 5.41) is 11.9. The van der Waals surface area contributed by atoms with E-state index < -0.39 is 5.97 Å². The number of hydrogen-bond donors (Lipinski definition) is 2. The van der Waals surface area contributed by atoms with Crippen molar-refractivity contribution in [3.05, 3.63) is 28.7 Å². The molecule has 0 heterocycles. The van der Waals surface area contributed by atoms with E-state index in [0.29, 0.717) is 12.5 Å². The van der Waals surface area contributed by atoms with E-state index in [0.717, 1.165) is 16.6 Å². The minimum absolute atomic E-state index is 0.242. The Morgan fingerprint density at radius 1 is 1.44 bits per heavy atom. The molecule has 1 aromatic rings. The summed E-state index contributed by atoms with van der Waals surface area (Å²) in [5.74, 6) is -0.726. The maximum Gasteiger partial charge on any atom is 0.303 e. The zero-order chi connectivity index (χ0) is 12.0. The van der Waals surface area contributed by atoms with Gasteiger partial charge in [-0.2, -0.15) is 0 Å². The third kappa shape index (κ3) is 5.16. The molecule has 0 aliphatic rings. The Kier molecular flexibility index (Phi) is 5.32. The average Bonchev–Trinajstić information content (AvgIpc) is 2.21. The van der Waals surface area contributed by atoms with Crippen molar-refractivity contribution in [2.75, 3.05) is 5.32 Å². The Morgan fingerprint density at radius 3 is 2.62 bits per heavy atom. The third-order valence-electron chi connectivity index (χ3n) is 2.29. The maximum absolute atomic E-state index is 10.4. The van der Waals surface area contributed by atoms with Gasteiger partial charge in [0, 0.05) is 22.6 Å². The molecule has 0 saturated carbocycles. The molecule has 3 nitrogen and oxygen atoms in total. The number of nitrogens with one attached hydrogen (secondary N) is 1. The fraction of sp³-hybridized carbons (Fsp3) is 0.417. The molecule has 0 amide bonds. The molecular weight excluding hydrogens is 270 g/mol. The summed E-state index contributed by atoms with van der Waals surface area (Å²) in [5.41, 5.74) is 1.06. The normalized spacial score (nSPS) is 12.1. The zero-order valence-electron chi connectivity index (χ0n) is 9.24. The first-order chi connectivity index (χ1) is 7.58. The molecule has 88 valence electrons. The predicted molar refractivity (Wildman–Crippen MR) is 68.7 cm³/mol. The number of benzene rings is 1. The summed E-state index contributed by atoms with van der Waals surface area (Å²) >= 11 is 3.38. The standard InChI is InChI=1S/C12H16BrNO2/c1-9(3-2-4-12(15)16)14-11-7-5-10(13)6-8-11/h5-9,14H,2-4H2,1H3,(H,15,16). The monoisotopic (exact) mass is 285 g/mol. The molecule has 0 aromatic heterocycles. The molecule has 1 aromatic carbocycles. The second-order valence-electron chi connectivity index (χ2n) is 3.84. The molecule has 0 aliphatic carbocycles. The van der Waals surface area contributed by atoms with Crippen molar-refractivity contribution in [2.24, 2.45) is 0 Å². The van der Waals surface area contributed by atoms with Crippen molar-refractivity contribution in [3.63, 3.8) is 0 Å². The zero-order valence-corrected chi connectivity index (χ0v) is 10.8. The van der Waals surface area contributed by atoms with Gasteiger partial charge in [0.25, 0.3) is 0 Å². The van der Waals surface area contributed by atoms with Gasteiger partial charge >= 0.3 is 5.97 Å². The Balaban J connectivity index is 2.31. The number of carboxylic acids is 1. The summed E-state index contributed by atoms with van der Waals surface area (Å²) in [6, 6.07) is 8.24. The second kappa shape index (κ2) is 6.53. The van der Waals surface area contributed by atoms with Gasteiger partial charge in [-0.3, -0.25) is 4.79 Å². The van der Waals surface area contributed by atoms with E-state index in [1.807, 2.05) is 24.3 Å². The van der Waals surface area contributed by atoms with Gasteiger partial charge in [0.05, 0.1) is 0 Å². The van der Waals surface area contributed by atoms with Crippen LogP contribution in [0.15, 0.2) is 28.7 Å². The van der Waals surface area contributed by atoms with Crippen molar-refractivity contribution >= 4 is 27.6 Å². The van der Waals surface area contributed by atoms with Crippen LogP contribution < -0.4 is 5.32 Å². The van der Waals surface area contributed by atoms with Gasteiger partial charge < -0.3 is 10.4 Å². The molecule has 0 saturated heterocycles. The summed E-state index contributed by atoms with van der Waals surface area (Å²) in [6.45, 7) is 2.06. The Labute approximate surface area is 104 Å². The number of rotatable bonds is 6. The highest BCUT2D eigenvalue weighted by molar-refractivity contribution is 9.10. The Hall–Kier alpha value is -1.03. The predicted octanol–water partition coefficient (Wildman–Crippen LogP) is 3.50. The van der Waals surface area contributed by atoms with Crippen molar-refractivity contribution in [3.8, 4) is 0 Å². The van der Waals surface area contributed by atoms with Crippen LogP contribution >= 0.6 is 15.9 Å². The van der Waals surface area contributed by atoms with Crippen molar-refractivity contribution in [2.45, 2.75) is 32.2 Å². The first-order valence-electron chi connectivity index (χ1n) is 5.32. The van der Waals surface area contributed by atoms with Crippen LogP contribution in [0.4, 0.5) is 5.69 Å². The lowest BCUT2D eigenvalue weighted by Crippen LogP contribution is -2.15. The topological polar surface area (TPSA) is 49.3 Å². The van der Waals surface area contributed by atoms with Gasteiger partial charge in [0.15, 0.2) is 0 Å². The Bertz CT molecular complexity index is 337. The van der Waals surface area contributed by atoms with Crippen molar-refractivity contribution in [1.29, 1.82) is 0 Å². The smallest absolute Gasteiger partial charge is 0.303 e. The number of hydrogen-bond acceptors (Lipinski definition) is 2. The fourth-order valence-electron chi connectivity index (χ4n) is 1.46. The van der Waals surface area contributed by atoms with E-state index in [1.165, 1.54) is 0 Å². The van der Waals surface area contributed by atoms with Gasteiger partial charge in [-0.25, -0.2) is 0 Å². The van der Waals surface area contributed by atoms with Gasteiger partial charge in [0.2, 0.25) is 0 Å². The van der Waals surface area contributed by atoms with Crippen LogP contribution in [0.1, 0.15) is 26.2 Å². The molecule has 0 radical (unpaired) electrons. The van der Waals surface area contributed by atoms with E-state index in [1.54, 1.807) is 0 Å². The molecule has 4 heteroatoms. The minimum Gasteiger partial charge on any atom is -0.481 e. The summed E-state index contributed by atoms with van der Waals surface area (Å²) in [6.07, 6.45) is 1.81. The maximum atomic E-state index is 10.4. The lowest BCUT2D eigenvalue weighted by molar-refractivity contribution is -0.137. The fourth-order valence-corrected chi connectivity index (χ4v) is 1.73. The van der Waals surface area contributed by atoms with Crippen LogP contribution in [0.2, 0.25) is 0 Å². The van der Waals surface area contributed by atoms with Crippen molar-refractivity contribution in [1.82, 2.24) is 0 Å². The first kappa shape index (κ1) is 13.0. The van der Waals surface area contributed by atoms with Crippen LogP contribution in [0, 0.1) is 0 Å². The van der Waals surface area contributed by atoms with E-state index in [2.05, 4.69) is 28.2 Å². The quantitative estimate of drug-likeness (QED) is 0.841. The van der Waals surface area contributed by atoms with E-state index >= 15 is 0 Å². The molecule has 1 rings (SSSR count). The highest BCUT2D eigenvalue weighted by atomic mass is 79.9. The lowest BCUT2D eigenvalue weighted by Gasteiger charge is -2.14. The highest BCUT2D eigenvalue weighted by Crippen LogP contribution is 2.16. The van der Waals surface area contributed by atoms with Gasteiger partial charge in [-0.15, -0.1) is 0 Å². The molecule has 2 N–H and O–H groups in total. The van der Waals surface area contributed by atoms with Crippen LogP contribution in [0.25, 0.3) is 0 Å². The number of halogens is 1. The van der Waals surface area contributed by atoms with Crippen LogP contribution in [0.5, 0.6) is 0 Å². The molecular formula is C12H16BrNO2. The van der Waals surface area contributed by atoms with E-state index in [9.17, 15) is 4.79 Å². The molecule has 0 aliphatic heterocycles. The molecule has 1 unspecified atom stereocenters. The van der Waals surface area contributed by atoms with E-state index in [4.69, 9.17) is 5.11 Å². The summed E-state index contributed by atoms with van der Waals surface area (Å²) in [7, 11) is 0.